The summed E-state index contributed by atoms with van der Waals surface area (Å²) in [7, 11) is 0. The molecule has 41 heavy (non-hydrogen) atoms. The van der Waals surface area contributed by atoms with E-state index in [4.69, 9.17) is 15.6 Å². The van der Waals surface area contributed by atoms with E-state index in [9.17, 15) is 14.0 Å². The van der Waals surface area contributed by atoms with Crippen LogP contribution < -0.4 is 26.4 Å². The lowest BCUT2D eigenvalue weighted by Gasteiger charge is -2.14. The number of nitrogens with one attached hydrogen (secondary N) is 3. The van der Waals surface area contributed by atoms with Crippen molar-refractivity contribution in [2.75, 3.05) is 10.6 Å². The Labute approximate surface area is 238 Å². The molecule has 0 fully saturated rings. The Balaban J connectivity index is 1.49. The van der Waals surface area contributed by atoms with Crippen molar-refractivity contribution in [1.29, 1.82) is 0 Å². The van der Waals surface area contributed by atoms with Gasteiger partial charge in [-0.3, -0.25) is 15.1 Å². The number of halogens is 1. The van der Waals surface area contributed by atoms with Gasteiger partial charge in [0, 0.05) is 42.0 Å². The van der Waals surface area contributed by atoms with Crippen molar-refractivity contribution in [3.8, 4) is 17.2 Å². The Morgan fingerprint density at radius 3 is 2.37 bits per heavy atom. The number of aryl methyl sites for hydroxylation is 1. The molecule has 1 atom stereocenters. The van der Waals surface area contributed by atoms with Crippen LogP contribution in [0.2, 0.25) is 0 Å². The molecule has 10 nitrogen and oxygen atoms in total. The van der Waals surface area contributed by atoms with Crippen molar-refractivity contribution >= 4 is 23.4 Å². The summed E-state index contributed by atoms with van der Waals surface area (Å²) in [5.41, 5.74) is 8.38. The second kappa shape index (κ2) is 12.2. The Morgan fingerprint density at radius 1 is 1.02 bits per heavy atom. The minimum Gasteiger partial charge on any atom is -0.457 e. The van der Waals surface area contributed by atoms with Gasteiger partial charge >= 0.3 is 6.03 Å². The van der Waals surface area contributed by atoms with Gasteiger partial charge in [-0.2, -0.15) is 5.10 Å². The molecule has 0 radical (unpaired) electrons. The highest BCUT2D eigenvalue weighted by atomic mass is 19.1. The quantitative estimate of drug-likeness (QED) is 0.228. The third kappa shape index (κ3) is 7.67. The molecule has 3 amide bonds. The largest absolute Gasteiger partial charge is 0.457 e. The summed E-state index contributed by atoms with van der Waals surface area (Å²) in [6.45, 7) is 9.82. The fraction of sp³-hybridized carbons (Fsp3) is 0.267. The number of rotatable bonds is 8. The lowest BCUT2D eigenvalue weighted by Crippen LogP contribution is -2.37. The van der Waals surface area contributed by atoms with Gasteiger partial charge in [0.25, 0.3) is 0 Å². The van der Waals surface area contributed by atoms with E-state index in [1.807, 2.05) is 52.0 Å². The fourth-order valence-electron chi connectivity index (χ4n) is 3.79. The molecule has 0 unspecified atom stereocenters. The van der Waals surface area contributed by atoms with Crippen LogP contribution in [0.25, 0.3) is 5.69 Å². The molecular formula is C30H34FN7O3. The van der Waals surface area contributed by atoms with Gasteiger partial charge in [-0.15, -0.1) is 0 Å². The topological polar surface area (TPSA) is 136 Å². The number of nitrogens with two attached hydrogens (primary N) is 1. The average Bonchev–Trinajstić information content (AvgIpc) is 3.33. The van der Waals surface area contributed by atoms with Gasteiger partial charge in [-0.25, -0.2) is 13.9 Å². The number of aromatic nitrogens is 3. The Kier molecular flexibility index (Phi) is 8.68. The van der Waals surface area contributed by atoms with Crippen LogP contribution in [0.4, 0.5) is 20.7 Å². The zero-order valence-corrected chi connectivity index (χ0v) is 23.7. The third-order valence-electron chi connectivity index (χ3n) is 6.07. The van der Waals surface area contributed by atoms with E-state index in [1.54, 1.807) is 42.1 Å². The van der Waals surface area contributed by atoms with Crippen LogP contribution >= 0.6 is 0 Å². The molecule has 4 rings (SSSR count). The van der Waals surface area contributed by atoms with E-state index in [1.165, 1.54) is 12.1 Å². The summed E-state index contributed by atoms with van der Waals surface area (Å²) in [6.07, 6.45) is 1.61. The maximum atomic E-state index is 14.8. The lowest BCUT2D eigenvalue weighted by atomic mass is 9.92. The number of hydrogen-bond acceptors (Lipinski definition) is 6. The van der Waals surface area contributed by atoms with E-state index in [0.717, 1.165) is 17.0 Å². The molecule has 2 aromatic heterocycles. The molecule has 2 aromatic carbocycles. The van der Waals surface area contributed by atoms with Crippen molar-refractivity contribution in [3.63, 3.8) is 0 Å². The molecule has 11 heteroatoms. The smallest absolute Gasteiger partial charge is 0.324 e. The van der Waals surface area contributed by atoms with Gasteiger partial charge < -0.3 is 21.1 Å². The number of hydrogen-bond donors (Lipinski definition) is 4. The minimum atomic E-state index is -0.654. The molecule has 214 valence electrons. The van der Waals surface area contributed by atoms with Crippen LogP contribution in [0, 0.1) is 12.7 Å². The van der Waals surface area contributed by atoms with Crippen LogP contribution in [0.5, 0.6) is 11.5 Å². The monoisotopic (exact) mass is 559 g/mol. The highest BCUT2D eigenvalue weighted by Gasteiger charge is 2.22. The first kappa shape index (κ1) is 29.2. The molecule has 0 aliphatic carbocycles. The Bertz CT molecular complexity index is 1540. The second-order valence-electron chi connectivity index (χ2n) is 10.7. The number of carbonyl (C=O) groups excluding carboxylic acids is 2. The molecule has 0 aliphatic rings. The number of carbonyl (C=O) groups is 2. The highest BCUT2D eigenvalue weighted by Crippen LogP contribution is 2.28. The molecule has 0 spiro atoms. The maximum Gasteiger partial charge on any atom is 0.324 e. The van der Waals surface area contributed by atoms with Crippen molar-refractivity contribution in [3.05, 3.63) is 89.6 Å². The zero-order chi connectivity index (χ0) is 29.7. The molecule has 0 bridgehead atoms. The van der Waals surface area contributed by atoms with E-state index < -0.39 is 17.9 Å². The minimum absolute atomic E-state index is 0.0129. The zero-order valence-electron chi connectivity index (χ0n) is 23.7. The van der Waals surface area contributed by atoms with E-state index in [2.05, 4.69) is 20.9 Å². The first-order valence-corrected chi connectivity index (χ1v) is 13.1. The predicted octanol–water partition coefficient (Wildman–Crippen LogP) is 5.41. The average molecular weight is 560 g/mol. The molecule has 2 heterocycles. The summed E-state index contributed by atoms with van der Waals surface area (Å²) >= 11 is 0. The van der Waals surface area contributed by atoms with Gasteiger partial charge in [0.2, 0.25) is 5.91 Å². The summed E-state index contributed by atoms with van der Waals surface area (Å²) in [5.74, 6) is 0.322. The van der Waals surface area contributed by atoms with Gasteiger partial charge in [-0.1, -0.05) is 32.9 Å². The number of anilines is 2. The molecular weight excluding hydrogens is 525 g/mol. The Morgan fingerprint density at radius 2 is 1.73 bits per heavy atom. The number of urea groups is 1. The number of amides is 3. The first-order valence-electron chi connectivity index (χ1n) is 13.1. The van der Waals surface area contributed by atoms with Crippen LogP contribution in [-0.2, 0) is 16.8 Å². The van der Waals surface area contributed by atoms with Crippen molar-refractivity contribution in [1.82, 2.24) is 20.1 Å². The van der Waals surface area contributed by atoms with Crippen molar-refractivity contribution < 1.29 is 18.7 Å². The van der Waals surface area contributed by atoms with Gasteiger partial charge in [-0.05, 0) is 49.7 Å². The Hall–Kier alpha value is -4.77. The summed E-state index contributed by atoms with van der Waals surface area (Å²) in [4.78, 5) is 28.8. The van der Waals surface area contributed by atoms with Crippen molar-refractivity contribution in [2.45, 2.75) is 52.6 Å². The molecule has 0 saturated carbocycles. The SMILES string of the molecule is Cc1cc(Oc2ccc(NC(=O)Nc3cc(C(C)(C)C)nn3-c3ccc(CNC(=O)[C@H](C)N)cc3)c(F)c2)ccn1. The van der Waals surface area contributed by atoms with E-state index in [-0.39, 0.29) is 22.8 Å². The lowest BCUT2D eigenvalue weighted by molar-refractivity contribution is -0.122. The second-order valence-corrected chi connectivity index (χ2v) is 10.7. The summed E-state index contributed by atoms with van der Waals surface area (Å²) < 4.78 is 22.1. The number of pyridine rings is 1. The summed E-state index contributed by atoms with van der Waals surface area (Å²) in [6, 6.07) is 15.5. The maximum absolute atomic E-state index is 14.8. The van der Waals surface area contributed by atoms with Gasteiger partial charge in [0.15, 0.2) is 0 Å². The molecule has 4 aromatic rings. The number of benzene rings is 2. The van der Waals surface area contributed by atoms with Crippen LogP contribution in [0.3, 0.4) is 0 Å². The van der Waals surface area contributed by atoms with E-state index in [0.29, 0.717) is 23.8 Å². The first-order chi connectivity index (χ1) is 19.4. The third-order valence-corrected chi connectivity index (χ3v) is 6.07. The van der Waals surface area contributed by atoms with Crippen LogP contribution in [-0.4, -0.2) is 32.7 Å². The van der Waals surface area contributed by atoms with Crippen LogP contribution in [0.1, 0.15) is 44.6 Å². The van der Waals surface area contributed by atoms with Gasteiger partial charge in [0.1, 0.15) is 23.1 Å². The molecule has 0 aliphatic heterocycles. The number of nitrogens with zero attached hydrogens (tertiary/aromatic N) is 3. The number of ether oxygens (including phenoxy) is 1. The highest BCUT2D eigenvalue weighted by molar-refractivity contribution is 5.99. The fourth-order valence-corrected chi connectivity index (χ4v) is 3.79. The molecule has 0 saturated heterocycles. The predicted molar refractivity (Wildman–Crippen MR) is 156 cm³/mol. The standard InChI is InChI=1S/C30H34FN7O3/c1-18-14-23(12-13-33-18)41-22-10-11-25(24(31)15-22)35-29(40)36-27-16-26(30(3,4)5)37-38(27)21-8-6-20(7-9-21)17-34-28(39)19(2)32/h6-16,19H,17,32H2,1-5H3,(H,34,39)(H2,35,36,40)/t19-/m0/s1. The van der Waals surface area contributed by atoms with Gasteiger partial charge in [0.05, 0.1) is 23.1 Å². The van der Waals surface area contributed by atoms with Crippen molar-refractivity contribution in [2.24, 2.45) is 5.73 Å². The molecule has 5 N–H and O–H groups in total. The van der Waals surface area contributed by atoms with Crippen LogP contribution in [0.15, 0.2) is 66.9 Å². The summed E-state index contributed by atoms with van der Waals surface area (Å²) in [5, 5.41) is 12.8. The normalized spacial score (nSPS) is 12.0. The van der Waals surface area contributed by atoms with E-state index >= 15 is 0 Å².